The smallest absolute Gasteiger partial charge is 0.246 e. The van der Waals surface area contributed by atoms with Crippen molar-refractivity contribution in [3.8, 4) is 17.2 Å². The Kier molecular flexibility index (Phi) is 5.70. The van der Waals surface area contributed by atoms with Gasteiger partial charge in [0.2, 0.25) is 12.7 Å². The predicted molar refractivity (Wildman–Crippen MR) is 111 cm³/mol. The molecule has 0 fully saturated rings. The normalized spacial score (nSPS) is 12.9. The lowest BCUT2D eigenvalue weighted by atomic mass is 10.2. The zero-order valence-electron chi connectivity index (χ0n) is 16.4. The van der Waals surface area contributed by atoms with E-state index in [1.165, 1.54) is 12.1 Å². The summed E-state index contributed by atoms with van der Waals surface area (Å²) >= 11 is 0. The van der Waals surface area contributed by atoms with Crippen LogP contribution in [-0.2, 0) is 11.4 Å². The van der Waals surface area contributed by atoms with E-state index in [1.807, 2.05) is 24.3 Å². The Hall–Kier alpha value is -3.74. The van der Waals surface area contributed by atoms with Gasteiger partial charge in [0.25, 0.3) is 0 Å². The monoisotopic (exact) mass is 408 g/mol. The van der Waals surface area contributed by atoms with Gasteiger partial charge in [-0.2, -0.15) is 0 Å². The van der Waals surface area contributed by atoms with Crippen molar-refractivity contribution in [3.63, 3.8) is 0 Å². The lowest BCUT2D eigenvalue weighted by Gasteiger charge is -2.16. The van der Waals surface area contributed by atoms with Crippen LogP contribution < -0.4 is 24.8 Å². The van der Waals surface area contributed by atoms with E-state index in [2.05, 4.69) is 10.6 Å². The minimum atomic E-state index is -0.477. The summed E-state index contributed by atoms with van der Waals surface area (Å²) in [6.07, 6.45) is 0. The molecule has 1 aliphatic rings. The van der Waals surface area contributed by atoms with Crippen molar-refractivity contribution in [2.75, 3.05) is 17.4 Å². The van der Waals surface area contributed by atoms with Crippen LogP contribution in [0, 0.1) is 5.82 Å². The molecule has 154 valence electrons. The summed E-state index contributed by atoms with van der Waals surface area (Å²) in [5.74, 6) is 1.21. The van der Waals surface area contributed by atoms with Crippen molar-refractivity contribution in [3.05, 3.63) is 78.1 Å². The number of fused-ring (bicyclic) bond motifs is 1. The molecule has 7 heteroatoms. The van der Waals surface area contributed by atoms with E-state index >= 15 is 0 Å². The fraction of sp³-hybridized carbons (Fsp3) is 0.174. The molecule has 2 N–H and O–H groups in total. The Labute approximate surface area is 173 Å². The third kappa shape index (κ3) is 4.81. The lowest BCUT2D eigenvalue weighted by molar-refractivity contribution is -0.116. The Balaban J connectivity index is 1.34. The molecule has 6 nitrogen and oxygen atoms in total. The van der Waals surface area contributed by atoms with E-state index in [9.17, 15) is 9.18 Å². The van der Waals surface area contributed by atoms with Gasteiger partial charge in [-0.3, -0.25) is 4.79 Å². The van der Waals surface area contributed by atoms with Crippen molar-refractivity contribution >= 4 is 17.3 Å². The van der Waals surface area contributed by atoms with Gasteiger partial charge in [-0.1, -0.05) is 18.2 Å². The maximum Gasteiger partial charge on any atom is 0.246 e. The van der Waals surface area contributed by atoms with E-state index in [1.54, 1.807) is 37.3 Å². The summed E-state index contributed by atoms with van der Waals surface area (Å²) in [4.78, 5) is 12.5. The molecule has 0 radical (unpaired) electrons. The summed E-state index contributed by atoms with van der Waals surface area (Å²) in [5.41, 5.74) is 2.31. The first-order valence-corrected chi connectivity index (χ1v) is 9.51. The molecule has 0 spiro atoms. The number of amides is 1. The van der Waals surface area contributed by atoms with Gasteiger partial charge in [-0.25, -0.2) is 4.39 Å². The van der Waals surface area contributed by atoms with E-state index in [-0.39, 0.29) is 25.1 Å². The highest BCUT2D eigenvalue weighted by atomic mass is 19.1. The summed E-state index contributed by atoms with van der Waals surface area (Å²) in [6.45, 7) is 2.25. The quantitative estimate of drug-likeness (QED) is 0.599. The molecule has 30 heavy (non-hydrogen) atoms. The van der Waals surface area contributed by atoms with Crippen LogP contribution in [0.5, 0.6) is 17.2 Å². The predicted octanol–water partition coefficient (Wildman–Crippen LogP) is 4.57. The van der Waals surface area contributed by atoms with Gasteiger partial charge in [0.1, 0.15) is 24.2 Å². The number of hydrogen-bond acceptors (Lipinski definition) is 5. The second-order valence-electron chi connectivity index (χ2n) is 6.87. The van der Waals surface area contributed by atoms with Crippen LogP contribution >= 0.6 is 0 Å². The van der Waals surface area contributed by atoms with Gasteiger partial charge >= 0.3 is 0 Å². The van der Waals surface area contributed by atoms with Gasteiger partial charge in [0.05, 0.1) is 0 Å². The standard InChI is InChI=1S/C23H21FN2O4/c1-15(23(27)26-19-8-9-21-22(12-19)30-14-29-21)25-18-6-2-4-16(10-18)13-28-20-7-3-5-17(24)11-20/h2-12,15,25H,13-14H2,1H3,(H,26,27). The molecule has 0 saturated heterocycles. The van der Waals surface area contributed by atoms with Gasteiger partial charge in [-0.05, 0) is 48.9 Å². The first kappa shape index (κ1) is 19.6. The zero-order valence-corrected chi connectivity index (χ0v) is 16.4. The number of nitrogens with one attached hydrogen (secondary N) is 2. The van der Waals surface area contributed by atoms with Crippen molar-refractivity contribution in [2.45, 2.75) is 19.6 Å². The number of ether oxygens (including phenoxy) is 3. The third-order valence-electron chi connectivity index (χ3n) is 4.55. The van der Waals surface area contributed by atoms with Gasteiger partial charge < -0.3 is 24.8 Å². The maximum absolute atomic E-state index is 13.3. The van der Waals surface area contributed by atoms with Crippen LogP contribution in [-0.4, -0.2) is 18.7 Å². The number of carbonyl (C=O) groups is 1. The fourth-order valence-corrected chi connectivity index (χ4v) is 3.01. The van der Waals surface area contributed by atoms with E-state index in [4.69, 9.17) is 14.2 Å². The molecular weight excluding hydrogens is 387 g/mol. The molecule has 3 aromatic carbocycles. The third-order valence-corrected chi connectivity index (χ3v) is 4.55. The van der Waals surface area contributed by atoms with Crippen LogP contribution in [0.3, 0.4) is 0 Å². The van der Waals surface area contributed by atoms with Crippen LogP contribution in [0.15, 0.2) is 66.7 Å². The van der Waals surface area contributed by atoms with Crippen LogP contribution in [0.4, 0.5) is 15.8 Å². The SMILES string of the molecule is CC(Nc1cccc(COc2cccc(F)c2)c1)C(=O)Nc1ccc2c(c1)OCO2. The van der Waals surface area contributed by atoms with E-state index < -0.39 is 6.04 Å². The Bertz CT molecular complexity index is 1060. The molecule has 1 heterocycles. The van der Waals surface area contributed by atoms with Crippen molar-refractivity contribution in [1.82, 2.24) is 0 Å². The van der Waals surface area contributed by atoms with Crippen molar-refractivity contribution < 1.29 is 23.4 Å². The Morgan fingerprint density at radius 1 is 1.03 bits per heavy atom. The van der Waals surface area contributed by atoms with E-state index in [0.29, 0.717) is 22.9 Å². The number of anilines is 2. The number of hydrogen-bond donors (Lipinski definition) is 2. The molecule has 0 saturated carbocycles. The highest BCUT2D eigenvalue weighted by Crippen LogP contribution is 2.34. The van der Waals surface area contributed by atoms with Crippen molar-refractivity contribution in [1.29, 1.82) is 0 Å². The molecular formula is C23H21FN2O4. The largest absolute Gasteiger partial charge is 0.489 e. The Morgan fingerprint density at radius 3 is 2.73 bits per heavy atom. The van der Waals surface area contributed by atoms with Gasteiger partial charge in [0.15, 0.2) is 11.5 Å². The van der Waals surface area contributed by atoms with Crippen LogP contribution in [0.1, 0.15) is 12.5 Å². The van der Waals surface area contributed by atoms with Gasteiger partial charge in [-0.15, -0.1) is 0 Å². The first-order valence-electron chi connectivity index (χ1n) is 9.51. The molecule has 0 aliphatic carbocycles. The van der Waals surface area contributed by atoms with Crippen LogP contribution in [0.2, 0.25) is 0 Å². The highest BCUT2D eigenvalue weighted by Gasteiger charge is 2.17. The first-order chi connectivity index (χ1) is 14.6. The summed E-state index contributed by atoms with van der Waals surface area (Å²) in [6, 6.07) is 18.3. The second-order valence-corrected chi connectivity index (χ2v) is 6.87. The fourth-order valence-electron chi connectivity index (χ4n) is 3.01. The summed E-state index contributed by atoms with van der Waals surface area (Å²) in [7, 11) is 0. The minimum absolute atomic E-state index is 0.184. The molecule has 3 aromatic rings. The molecule has 1 atom stereocenters. The molecule has 1 amide bonds. The maximum atomic E-state index is 13.3. The van der Waals surface area contributed by atoms with Gasteiger partial charge in [0, 0.05) is 23.5 Å². The molecule has 1 aliphatic heterocycles. The molecule has 4 rings (SSSR count). The molecule has 0 aromatic heterocycles. The number of benzene rings is 3. The Morgan fingerprint density at radius 2 is 1.87 bits per heavy atom. The van der Waals surface area contributed by atoms with Crippen molar-refractivity contribution in [2.24, 2.45) is 0 Å². The average Bonchev–Trinajstić information content (AvgIpc) is 3.20. The van der Waals surface area contributed by atoms with E-state index in [0.717, 1.165) is 11.3 Å². The second kappa shape index (κ2) is 8.73. The number of carbonyl (C=O) groups excluding carboxylic acids is 1. The summed E-state index contributed by atoms with van der Waals surface area (Å²) < 4.78 is 29.5. The summed E-state index contributed by atoms with van der Waals surface area (Å²) in [5, 5.41) is 6.04. The van der Waals surface area contributed by atoms with Crippen LogP contribution in [0.25, 0.3) is 0 Å². The highest BCUT2D eigenvalue weighted by molar-refractivity contribution is 5.96. The molecule has 0 bridgehead atoms. The molecule has 1 unspecified atom stereocenters. The number of rotatable bonds is 7. The topological polar surface area (TPSA) is 68.8 Å². The lowest BCUT2D eigenvalue weighted by Crippen LogP contribution is -2.31. The average molecular weight is 408 g/mol. The zero-order chi connectivity index (χ0) is 20.9. The number of halogens is 1. The minimum Gasteiger partial charge on any atom is -0.489 e.